The molecule has 0 radical (unpaired) electrons. The highest BCUT2D eigenvalue weighted by Gasteiger charge is 2.32. The summed E-state index contributed by atoms with van der Waals surface area (Å²) in [5, 5.41) is 11.8. The molecule has 2 aliphatic heterocycles. The Kier molecular flexibility index (Phi) is 3.66. The summed E-state index contributed by atoms with van der Waals surface area (Å²) in [6, 6.07) is 6.13. The molecule has 20 heavy (non-hydrogen) atoms. The monoisotopic (exact) mass is 270 g/mol. The average molecular weight is 270 g/mol. The van der Waals surface area contributed by atoms with Crippen molar-refractivity contribution in [3.8, 4) is 6.07 Å². The Morgan fingerprint density at radius 3 is 3.05 bits per heavy atom. The van der Waals surface area contributed by atoms with E-state index in [1.165, 1.54) is 25.6 Å². The van der Waals surface area contributed by atoms with Crippen molar-refractivity contribution < 1.29 is 4.79 Å². The minimum Gasteiger partial charge on any atom is -0.348 e. The van der Waals surface area contributed by atoms with Crippen molar-refractivity contribution in [1.29, 1.82) is 5.26 Å². The summed E-state index contributed by atoms with van der Waals surface area (Å²) in [7, 11) is 0. The van der Waals surface area contributed by atoms with Crippen LogP contribution < -0.4 is 5.32 Å². The van der Waals surface area contributed by atoms with Gasteiger partial charge in [0, 0.05) is 24.8 Å². The molecule has 0 saturated carbocycles. The summed E-state index contributed by atoms with van der Waals surface area (Å²) in [5.41, 5.74) is 0.860. The number of amides is 1. The van der Waals surface area contributed by atoms with Crippen molar-refractivity contribution >= 4 is 5.91 Å². The van der Waals surface area contributed by atoms with E-state index in [0.29, 0.717) is 17.3 Å². The first-order chi connectivity index (χ1) is 9.76. The molecule has 5 nitrogen and oxygen atoms in total. The largest absolute Gasteiger partial charge is 0.348 e. The lowest BCUT2D eigenvalue weighted by molar-refractivity contribution is 0.0891. The third-order valence-electron chi connectivity index (χ3n) is 4.28. The van der Waals surface area contributed by atoms with Gasteiger partial charge in [0.1, 0.15) is 11.8 Å². The van der Waals surface area contributed by atoms with Gasteiger partial charge in [-0.2, -0.15) is 5.26 Å². The molecule has 1 aromatic rings. The Morgan fingerprint density at radius 2 is 2.30 bits per heavy atom. The predicted molar refractivity (Wildman–Crippen MR) is 74.0 cm³/mol. The van der Waals surface area contributed by atoms with Gasteiger partial charge in [0.25, 0.3) is 5.91 Å². The van der Waals surface area contributed by atoms with Gasteiger partial charge in [-0.25, -0.2) is 4.98 Å². The van der Waals surface area contributed by atoms with Crippen LogP contribution in [0.25, 0.3) is 0 Å². The van der Waals surface area contributed by atoms with Crippen LogP contribution in [0.2, 0.25) is 0 Å². The number of rotatable bonds is 2. The van der Waals surface area contributed by atoms with Gasteiger partial charge in [0.05, 0.1) is 5.56 Å². The average Bonchev–Trinajstić information content (AvgIpc) is 2.95. The van der Waals surface area contributed by atoms with Gasteiger partial charge in [-0.15, -0.1) is 0 Å². The number of nitriles is 1. The number of carbonyl (C=O) groups excluding carboxylic acids is 1. The third kappa shape index (κ3) is 2.66. The summed E-state index contributed by atoms with van der Waals surface area (Å²) >= 11 is 0. The van der Waals surface area contributed by atoms with E-state index < -0.39 is 0 Å². The Morgan fingerprint density at radius 1 is 1.40 bits per heavy atom. The summed E-state index contributed by atoms with van der Waals surface area (Å²) in [5.74, 6) is -0.133. The molecule has 2 unspecified atom stereocenters. The van der Waals surface area contributed by atoms with E-state index in [1.807, 2.05) is 6.07 Å². The van der Waals surface area contributed by atoms with E-state index in [1.54, 1.807) is 12.1 Å². The third-order valence-corrected chi connectivity index (χ3v) is 4.28. The van der Waals surface area contributed by atoms with Crippen LogP contribution in [0.3, 0.4) is 0 Å². The van der Waals surface area contributed by atoms with Gasteiger partial charge in [-0.3, -0.25) is 4.79 Å². The van der Waals surface area contributed by atoms with Gasteiger partial charge in [-0.05, 0) is 44.4 Å². The van der Waals surface area contributed by atoms with Gasteiger partial charge in [-0.1, -0.05) is 0 Å². The molecule has 5 heteroatoms. The van der Waals surface area contributed by atoms with Crippen LogP contribution in [0.5, 0.6) is 0 Å². The molecule has 1 aromatic heterocycles. The lowest BCUT2D eigenvalue weighted by Gasteiger charge is -2.35. The van der Waals surface area contributed by atoms with Crippen molar-refractivity contribution in [2.45, 2.75) is 37.8 Å². The van der Waals surface area contributed by atoms with Crippen molar-refractivity contribution in [1.82, 2.24) is 15.2 Å². The van der Waals surface area contributed by atoms with Gasteiger partial charge in [0.2, 0.25) is 0 Å². The molecule has 3 rings (SSSR count). The highest BCUT2D eigenvalue weighted by molar-refractivity contribution is 5.92. The SMILES string of the molecule is N#Cc1ccc(C(=O)NC2CCN3CCCC3C2)nc1. The van der Waals surface area contributed by atoms with E-state index in [2.05, 4.69) is 15.2 Å². The van der Waals surface area contributed by atoms with Crippen LogP contribution in [-0.2, 0) is 0 Å². The Labute approximate surface area is 118 Å². The molecule has 0 aromatic carbocycles. The molecule has 2 saturated heterocycles. The van der Waals surface area contributed by atoms with E-state index >= 15 is 0 Å². The summed E-state index contributed by atoms with van der Waals surface area (Å²) in [6.07, 6.45) is 6.03. The second-order valence-corrected chi connectivity index (χ2v) is 5.57. The first-order valence-electron chi connectivity index (χ1n) is 7.17. The molecule has 2 fully saturated rings. The molecule has 0 spiro atoms. The van der Waals surface area contributed by atoms with E-state index in [9.17, 15) is 4.79 Å². The fourth-order valence-electron chi connectivity index (χ4n) is 3.21. The fourth-order valence-corrected chi connectivity index (χ4v) is 3.21. The molecule has 2 aliphatic rings. The lowest BCUT2D eigenvalue weighted by atomic mass is 9.97. The van der Waals surface area contributed by atoms with E-state index in [-0.39, 0.29) is 11.9 Å². The summed E-state index contributed by atoms with van der Waals surface area (Å²) in [6.45, 7) is 2.29. The molecular formula is C15H18N4O. The van der Waals surface area contributed by atoms with Crippen molar-refractivity contribution in [2.24, 2.45) is 0 Å². The van der Waals surface area contributed by atoms with Gasteiger partial charge >= 0.3 is 0 Å². The second kappa shape index (κ2) is 5.59. The number of hydrogen-bond donors (Lipinski definition) is 1. The number of fused-ring (bicyclic) bond motifs is 1. The Balaban J connectivity index is 1.59. The quantitative estimate of drug-likeness (QED) is 0.879. The van der Waals surface area contributed by atoms with Gasteiger partial charge in [0.15, 0.2) is 0 Å². The normalized spacial score (nSPS) is 25.8. The number of pyridine rings is 1. The number of nitrogens with zero attached hydrogens (tertiary/aromatic N) is 3. The number of hydrogen-bond acceptors (Lipinski definition) is 4. The smallest absolute Gasteiger partial charge is 0.270 e. The highest BCUT2D eigenvalue weighted by atomic mass is 16.1. The number of piperidine rings is 1. The standard InChI is InChI=1S/C15H18N4O/c16-9-11-3-4-14(17-10-11)15(20)18-12-5-7-19-6-1-2-13(19)8-12/h3-4,10,12-13H,1-2,5-8H2,(H,18,20). The number of nitrogens with one attached hydrogen (secondary N) is 1. The van der Waals surface area contributed by atoms with Crippen molar-refractivity contribution in [3.63, 3.8) is 0 Å². The molecule has 0 bridgehead atoms. The first-order valence-corrected chi connectivity index (χ1v) is 7.17. The maximum absolute atomic E-state index is 12.1. The minimum atomic E-state index is -0.133. The molecular weight excluding hydrogens is 252 g/mol. The zero-order valence-corrected chi connectivity index (χ0v) is 11.4. The highest BCUT2D eigenvalue weighted by Crippen LogP contribution is 2.26. The molecule has 2 atom stereocenters. The van der Waals surface area contributed by atoms with Crippen LogP contribution in [0, 0.1) is 11.3 Å². The lowest BCUT2D eigenvalue weighted by Crippen LogP contribution is -2.47. The Bertz CT molecular complexity index is 534. The second-order valence-electron chi connectivity index (χ2n) is 5.57. The van der Waals surface area contributed by atoms with Crippen LogP contribution in [0.1, 0.15) is 41.7 Å². The molecule has 3 heterocycles. The van der Waals surface area contributed by atoms with Crippen LogP contribution in [0.15, 0.2) is 18.3 Å². The minimum absolute atomic E-state index is 0.133. The molecule has 104 valence electrons. The number of aromatic nitrogens is 1. The zero-order valence-electron chi connectivity index (χ0n) is 11.4. The maximum Gasteiger partial charge on any atom is 0.270 e. The molecule has 1 amide bonds. The number of carbonyl (C=O) groups is 1. The zero-order chi connectivity index (χ0) is 13.9. The molecule has 1 N–H and O–H groups in total. The van der Waals surface area contributed by atoms with Gasteiger partial charge < -0.3 is 10.2 Å². The van der Waals surface area contributed by atoms with Crippen LogP contribution in [0.4, 0.5) is 0 Å². The fraction of sp³-hybridized carbons (Fsp3) is 0.533. The van der Waals surface area contributed by atoms with Crippen LogP contribution >= 0.6 is 0 Å². The topological polar surface area (TPSA) is 69.0 Å². The van der Waals surface area contributed by atoms with Crippen LogP contribution in [-0.4, -0.2) is 41.0 Å². The maximum atomic E-state index is 12.1. The van der Waals surface area contributed by atoms with Crippen molar-refractivity contribution in [2.75, 3.05) is 13.1 Å². The molecule has 0 aliphatic carbocycles. The van der Waals surface area contributed by atoms with E-state index in [4.69, 9.17) is 5.26 Å². The van der Waals surface area contributed by atoms with E-state index in [0.717, 1.165) is 19.4 Å². The Hall–Kier alpha value is -1.93. The first kappa shape index (κ1) is 13.1. The predicted octanol–water partition coefficient (Wildman–Crippen LogP) is 1.31. The van der Waals surface area contributed by atoms with Crippen molar-refractivity contribution in [3.05, 3.63) is 29.6 Å². The summed E-state index contributed by atoms with van der Waals surface area (Å²) in [4.78, 5) is 18.7. The summed E-state index contributed by atoms with van der Waals surface area (Å²) < 4.78 is 0.